The Kier molecular flexibility index (Phi) is 10.4. The van der Waals surface area contributed by atoms with Crippen LogP contribution in [0, 0.1) is 32.6 Å². The molecule has 11 heteroatoms. The molecule has 2 aliphatic heterocycles. The van der Waals surface area contributed by atoms with Crippen LogP contribution in [0.2, 0.25) is 0 Å². The summed E-state index contributed by atoms with van der Waals surface area (Å²) in [6.45, 7) is 13.6. The van der Waals surface area contributed by atoms with Crippen molar-refractivity contribution in [1.29, 1.82) is 0 Å². The van der Waals surface area contributed by atoms with E-state index >= 15 is 0 Å². The first-order chi connectivity index (χ1) is 17.2. The molecule has 0 saturated carbocycles. The van der Waals surface area contributed by atoms with E-state index in [1.165, 1.54) is 26.1 Å². The maximum Gasteiger partial charge on any atom is 0.350 e. The molecule has 0 N–H and O–H groups in total. The molecule has 2 fully saturated rings. The minimum absolute atomic E-state index is 0.264. The third-order valence-electron chi connectivity index (χ3n) is 6.83. The lowest BCUT2D eigenvalue weighted by Gasteiger charge is -2.21. The topological polar surface area (TPSA) is 79.1 Å². The molecule has 0 spiro atoms. The zero-order valence-electron chi connectivity index (χ0n) is 22.7. The fourth-order valence-electron chi connectivity index (χ4n) is 4.34. The molecule has 2 aliphatic rings. The molecular formula is C26H38F4N4O3. The van der Waals surface area contributed by atoms with Crippen LogP contribution < -0.4 is 5.69 Å². The van der Waals surface area contributed by atoms with Gasteiger partial charge in [-0.2, -0.15) is 4.98 Å². The minimum Gasteiger partial charge on any atom is -0.369 e. The molecule has 7 nitrogen and oxygen atoms in total. The smallest absolute Gasteiger partial charge is 0.350 e. The molecule has 6 atom stereocenters. The zero-order chi connectivity index (χ0) is 28.1. The predicted octanol–water partition coefficient (Wildman–Crippen LogP) is 5.68. The van der Waals surface area contributed by atoms with Crippen molar-refractivity contribution in [3.05, 3.63) is 52.2 Å². The van der Waals surface area contributed by atoms with Gasteiger partial charge in [-0.3, -0.25) is 4.57 Å². The normalized spacial score (nSPS) is 29.6. The van der Waals surface area contributed by atoms with Crippen molar-refractivity contribution in [3.63, 3.8) is 0 Å². The molecule has 0 aliphatic carbocycles. The Morgan fingerprint density at radius 3 is 1.78 bits per heavy atom. The van der Waals surface area contributed by atoms with Gasteiger partial charge in [0.05, 0.1) is 18.1 Å². The number of aryl methyl sites for hydroxylation is 3. The Bertz CT molecular complexity index is 1060. The van der Waals surface area contributed by atoms with Gasteiger partial charge in [0, 0.05) is 29.7 Å². The average Bonchev–Trinajstić information content (AvgIpc) is 3.17. The van der Waals surface area contributed by atoms with Crippen LogP contribution in [-0.2, 0) is 9.47 Å². The van der Waals surface area contributed by atoms with Crippen LogP contribution in [0.3, 0.4) is 0 Å². The molecule has 37 heavy (non-hydrogen) atoms. The first-order valence-electron chi connectivity index (χ1n) is 12.5. The summed E-state index contributed by atoms with van der Waals surface area (Å²) < 4.78 is 65.6. The monoisotopic (exact) mass is 530 g/mol. The highest BCUT2D eigenvalue weighted by molar-refractivity contribution is 5.00. The maximum atomic E-state index is 14.1. The highest BCUT2D eigenvalue weighted by atomic mass is 19.3. The molecule has 2 aromatic rings. The Morgan fingerprint density at radius 2 is 1.41 bits per heavy atom. The number of alkyl halides is 4. The fraction of sp³-hybridized carbons (Fsp3) is 0.692. The highest BCUT2D eigenvalue weighted by Gasteiger charge is 2.57. The van der Waals surface area contributed by atoms with Crippen molar-refractivity contribution in [2.45, 2.75) is 105 Å². The number of hydrogen-bond donors (Lipinski definition) is 0. The van der Waals surface area contributed by atoms with Crippen LogP contribution >= 0.6 is 0 Å². The van der Waals surface area contributed by atoms with E-state index in [0.29, 0.717) is 18.5 Å². The van der Waals surface area contributed by atoms with Crippen LogP contribution in [-0.4, -0.2) is 49.7 Å². The van der Waals surface area contributed by atoms with Crippen LogP contribution in [0.15, 0.2) is 29.3 Å². The lowest BCUT2D eigenvalue weighted by Crippen LogP contribution is -2.37. The van der Waals surface area contributed by atoms with Crippen LogP contribution in [0.4, 0.5) is 17.6 Å². The van der Waals surface area contributed by atoms with Gasteiger partial charge in [0.1, 0.15) is 11.9 Å². The van der Waals surface area contributed by atoms with E-state index in [-0.39, 0.29) is 6.10 Å². The number of halogens is 4. The summed E-state index contributed by atoms with van der Waals surface area (Å²) in [5, 5.41) is 0. The molecule has 0 bridgehead atoms. The maximum absolute atomic E-state index is 14.1. The lowest BCUT2D eigenvalue weighted by atomic mass is 9.96. The first kappa shape index (κ1) is 30.8. The Morgan fingerprint density at radius 1 is 0.865 bits per heavy atom. The second-order valence-corrected chi connectivity index (χ2v) is 9.59. The number of rotatable bonds is 3. The largest absolute Gasteiger partial charge is 0.369 e. The number of hydrogen-bond acceptors (Lipinski definition) is 6. The van der Waals surface area contributed by atoms with E-state index in [1.54, 1.807) is 27.0 Å². The van der Waals surface area contributed by atoms with Gasteiger partial charge in [-0.05, 0) is 52.7 Å². The summed E-state index contributed by atoms with van der Waals surface area (Å²) >= 11 is 0. The number of ether oxygens (including phenoxy) is 2. The Balaban J connectivity index is 0.000000215. The average molecular weight is 531 g/mol. The van der Waals surface area contributed by atoms with E-state index in [0.717, 1.165) is 16.1 Å². The molecule has 2 saturated heterocycles. The molecule has 0 radical (unpaired) electrons. The molecule has 4 rings (SSSR count). The van der Waals surface area contributed by atoms with Gasteiger partial charge in [-0.1, -0.05) is 27.7 Å². The second kappa shape index (κ2) is 12.4. The van der Waals surface area contributed by atoms with Crippen LogP contribution in [0.25, 0.3) is 0 Å². The SMILES string of the molecule is CC[C@H]1OC(C)C(F)(F)C1C.CC[C@H]1O[C@@H](n2ccc(C)nc2=O)C(F)(F)C1C.Cc1ccnc(C)n1. The highest BCUT2D eigenvalue weighted by Crippen LogP contribution is 2.47. The summed E-state index contributed by atoms with van der Waals surface area (Å²) in [5.41, 5.74) is 0.818. The summed E-state index contributed by atoms with van der Waals surface area (Å²) in [6.07, 6.45) is 0.951. The predicted molar refractivity (Wildman–Crippen MR) is 132 cm³/mol. The van der Waals surface area contributed by atoms with Crippen molar-refractivity contribution in [2.75, 3.05) is 0 Å². The van der Waals surface area contributed by atoms with E-state index in [9.17, 15) is 22.4 Å². The standard InChI is InChI=1S/C12H16F2N2O2.C8H14F2O.C6H8N2/c1-4-9-8(3)12(13,14)10(18-9)16-6-5-7(2)15-11(16)17;1-4-7-5(2)8(9,10)6(3)11-7;1-5-3-4-7-6(2)8-5/h5-6,8-10H,4H2,1-3H3;5-7H,4H2,1-3H3;3-4H,1-2H3/t8?,9-,10-;5?,6?,7-;/m11./s1. The van der Waals surface area contributed by atoms with Gasteiger partial charge in [0.25, 0.3) is 11.8 Å². The van der Waals surface area contributed by atoms with E-state index in [4.69, 9.17) is 9.47 Å². The third-order valence-corrected chi connectivity index (χ3v) is 6.83. The van der Waals surface area contributed by atoms with Gasteiger partial charge in [0.15, 0.2) is 0 Å². The molecular weight excluding hydrogens is 492 g/mol. The fourth-order valence-corrected chi connectivity index (χ4v) is 4.34. The molecule has 208 valence electrons. The number of nitrogens with zero attached hydrogens (tertiary/aromatic N) is 4. The van der Waals surface area contributed by atoms with Crippen molar-refractivity contribution in [2.24, 2.45) is 11.8 Å². The summed E-state index contributed by atoms with van der Waals surface area (Å²) in [6, 6.07) is 3.40. The van der Waals surface area contributed by atoms with Crippen molar-refractivity contribution in [3.8, 4) is 0 Å². The summed E-state index contributed by atoms with van der Waals surface area (Å²) in [7, 11) is 0. The van der Waals surface area contributed by atoms with E-state index in [1.807, 2.05) is 26.8 Å². The van der Waals surface area contributed by atoms with E-state index < -0.39 is 47.8 Å². The molecule has 0 amide bonds. The van der Waals surface area contributed by atoms with Crippen LogP contribution in [0.5, 0.6) is 0 Å². The summed E-state index contributed by atoms with van der Waals surface area (Å²) in [4.78, 5) is 23.3. The minimum atomic E-state index is -3.07. The van der Waals surface area contributed by atoms with Gasteiger partial charge < -0.3 is 9.47 Å². The molecule has 4 heterocycles. The Hall–Kier alpha value is -2.40. The molecule has 2 aromatic heterocycles. The van der Waals surface area contributed by atoms with Gasteiger partial charge in [-0.25, -0.2) is 32.3 Å². The third kappa shape index (κ3) is 7.13. The van der Waals surface area contributed by atoms with Gasteiger partial charge in [0.2, 0.25) is 6.23 Å². The zero-order valence-corrected chi connectivity index (χ0v) is 22.7. The summed E-state index contributed by atoms with van der Waals surface area (Å²) in [5.74, 6) is -6.42. The van der Waals surface area contributed by atoms with Crippen molar-refractivity contribution >= 4 is 0 Å². The van der Waals surface area contributed by atoms with Crippen LogP contribution in [0.1, 0.15) is 70.9 Å². The Labute approximate surface area is 215 Å². The first-order valence-corrected chi connectivity index (χ1v) is 12.5. The van der Waals surface area contributed by atoms with Gasteiger partial charge >= 0.3 is 5.69 Å². The number of aromatic nitrogens is 4. The van der Waals surface area contributed by atoms with Crippen molar-refractivity contribution < 1.29 is 27.0 Å². The lowest BCUT2D eigenvalue weighted by molar-refractivity contribution is -0.125. The quantitative estimate of drug-likeness (QED) is 0.475. The molecule has 0 aromatic carbocycles. The van der Waals surface area contributed by atoms with E-state index in [2.05, 4.69) is 15.0 Å². The second-order valence-electron chi connectivity index (χ2n) is 9.59. The molecule has 3 unspecified atom stereocenters. The van der Waals surface area contributed by atoms with Crippen molar-refractivity contribution in [1.82, 2.24) is 19.5 Å². The van der Waals surface area contributed by atoms with Gasteiger partial charge in [-0.15, -0.1) is 0 Å².